The van der Waals surface area contributed by atoms with Gasteiger partial charge in [0.15, 0.2) is 0 Å². The van der Waals surface area contributed by atoms with E-state index in [0.29, 0.717) is 23.8 Å². The second-order valence-corrected chi connectivity index (χ2v) is 7.81. The predicted molar refractivity (Wildman–Crippen MR) is 113 cm³/mol. The van der Waals surface area contributed by atoms with Gasteiger partial charge in [-0.15, -0.1) is 0 Å². The van der Waals surface area contributed by atoms with Gasteiger partial charge in [-0.25, -0.2) is 9.59 Å². The molecule has 0 aliphatic heterocycles. The third kappa shape index (κ3) is 7.98. The van der Waals surface area contributed by atoms with E-state index in [1.807, 2.05) is 0 Å². The average molecular weight is 398 g/mol. The lowest BCUT2D eigenvalue weighted by atomic mass is 9.98. The first kappa shape index (κ1) is 22.5. The van der Waals surface area contributed by atoms with Gasteiger partial charge >= 0.3 is 11.9 Å². The van der Waals surface area contributed by atoms with E-state index in [1.54, 1.807) is 24.3 Å². The third-order valence-electron chi connectivity index (χ3n) is 4.76. The molecule has 5 nitrogen and oxygen atoms in total. The standard InChI is InChI=1S/C24H30O5/c1-17(2)5-4-6-18(3)15-16-28-21-11-13-22(14-12-21)29-24(27)20-9-7-19(8-10-20)23(25)26/h7-14,17-18H,4-6,15-16H2,1-3H3,(H,25,26). The summed E-state index contributed by atoms with van der Waals surface area (Å²) in [5, 5.41) is 8.90. The highest BCUT2D eigenvalue weighted by molar-refractivity contribution is 5.93. The van der Waals surface area contributed by atoms with E-state index in [9.17, 15) is 9.59 Å². The fraction of sp³-hybridized carbons (Fsp3) is 0.417. The summed E-state index contributed by atoms with van der Waals surface area (Å²) in [5.41, 5.74) is 0.416. The van der Waals surface area contributed by atoms with Crippen molar-refractivity contribution in [1.82, 2.24) is 0 Å². The number of carboxylic acid groups (broad SMARTS) is 1. The van der Waals surface area contributed by atoms with Crippen LogP contribution in [0.25, 0.3) is 0 Å². The van der Waals surface area contributed by atoms with E-state index in [0.717, 1.165) is 18.1 Å². The Kier molecular flexibility index (Phi) is 8.71. The number of hydrogen-bond acceptors (Lipinski definition) is 4. The van der Waals surface area contributed by atoms with Crippen LogP contribution in [0.1, 0.15) is 67.2 Å². The molecular weight excluding hydrogens is 368 g/mol. The Labute approximate surface area is 172 Å². The fourth-order valence-corrected chi connectivity index (χ4v) is 2.92. The molecule has 5 heteroatoms. The van der Waals surface area contributed by atoms with Gasteiger partial charge in [0.1, 0.15) is 11.5 Å². The van der Waals surface area contributed by atoms with Crippen molar-refractivity contribution in [3.63, 3.8) is 0 Å². The van der Waals surface area contributed by atoms with Gasteiger partial charge in [0.05, 0.1) is 17.7 Å². The van der Waals surface area contributed by atoms with Crippen molar-refractivity contribution in [2.45, 2.75) is 46.5 Å². The zero-order valence-electron chi connectivity index (χ0n) is 17.4. The molecule has 29 heavy (non-hydrogen) atoms. The smallest absolute Gasteiger partial charge is 0.343 e. The monoisotopic (exact) mass is 398 g/mol. The maximum absolute atomic E-state index is 12.2. The van der Waals surface area contributed by atoms with Crippen molar-refractivity contribution in [2.75, 3.05) is 6.61 Å². The van der Waals surface area contributed by atoms with Crippen molar-refractivity contribution in [1.29, 1.82) is 0 Å². The first-order valence-corrected chi connectivity index (χ1v) is 10.1. The van der Waals surface area contributed by atoms with E-state index in [2.05, 4.69) is 20.8 Å². The van der Waals surface area contributed by atoms with Crippen LogP contribution in [-0.4, -0.2) is 23.7 Å². The van der Waals surface area contributed by atoms with Crippen molar-refractivity contribution >= 4 is 11.9 Å². The van der Waals surface area contributed by atoms with Gasteiger partial charge in [-0.1, -0.05) is 40.0 Å². The second-order valence-electron chi connectivity index (χ2n) is 7.81. The number of hydrogen-bond donors (Lipinski definition) is 1. The Balaban J connectivity index is 1.76. The van der Waals surface area contributed by atoms with Crippen molar-refractivity contribution in [3.8, 4) is 11.5 Å². The van der Waals surface area contributed by atoms with Crippen molar-refractivity contribution in [2.24, 2.45) is 11.8 Å². The predicted octanol–water partition coefficient (Wildman–Crippen LogP) is 5.84. The van der Waals surface area contributed by atoms with Crippen LogP contribution in [0, 0.1) is 11.8 Å². The highest BCUT2D eigenvalue weighted by atomic mass is 16.5. The number of carboxylic acids is 1. The molecule has 0 radical (unpaired) electrons. The summed E-state index contributed by atoms with van der Waals surface area (Å²) in [6.45, 7) is 7.43. The molecule has 0 spiro atoms. The molecule has 0 aliphatic carbocycles. The molecule has 0 aliphatic rings. The fourth-order valence-electron chi connectivity index (χ4n) is 2.92. The first-order valence-electron chi connectivity index (χ1n) is 10.1. The van der Waals surface area contributed by atoms with E-state index >= 15 is 0 Å². The van der Waals surface area contributed by atoms with Crippen molar-refractivity contribution < 1.29 is 24.2 Å². The van der Waals surface area contributed by atoms with E-state index in [-0.39, 0.29) is 5.56 Å². The minimum atomic E-state index is -1.04. The molecule has 0 bridgehead atoms. The third-order valence-corrected chi connectivity index (χ3v) is 4.76. The summed E-state index contributed by atoms with van der Waals surface area (Å²) in [6, 6.07) is 12.5. The molecular formula is C24H30O5. The summed E-state index contributed by atoms with van der Waals surface area (Å²) in [6.07, 6.45) is 4.78. The maximum Gasteiger partial charge on any atom is 0.343 e. The minimum absolute atomic E-state index is 0.122. The number of carbonyl (C=O) groups excluding carboxylic acids is 1. The molecule has 1 atom stereocenters. The number of ether oxygens (including phenoxy) is 2. The Hall–Kier alpha value is -2.82. The minimum Gasteiger partial charge on any atom is -0.494 e. The number of carbonyl (C=O) groups is 2. The molecule has 156 valence electrons. The number of esters is 1. The molecule has 0 saturated carbocycles. The Morgan fingerprint density at radius 2 is 1.41 bits per heavy atom. The lowest BCUT2D eigenvalue weighted by Gasteiger charge is -2.13. The van der Waals surface area contributed by atoms with Crippen LogP contribution >= 0.6 is 0 Å². The average Bonchev–Trinajstić information content (AvgIpc) is 2.69. The normalized spacial score (nSPS) is 11.9. The molecule has 2 aromatic rings. The molecule has 0 aromatic heterocycles. The summed E-state index contributed by atoms with van der Waals surface area (Å²) in [7, 11) is 0. The zero-order chi connectivity index (χ0) is 21.2. The quantitative estimate of drug-likeness (QED) is 0.380. The van der Waals surface area contributed by atoms with Crippen molar-refractivity contribution in [3.05, 3.63) is 59.7 Å². The van der Waals surface area contributed by atoms with Gasteiger partial charge in [-0.3, -0.25) is 0 Å². The van der Waals surface area contributed by atoms with E-state index in [1.165, 1.54) is 43.5 Å². The van der Waals surface area contributed by atoms with Gasteiger partial charge in [-0.05, 0) is 66.8 Å². The van der Waals surface area contributed by atoms with Crippen LogP contribution < -0.4 is 9.47 Å². The lowest BCUT2D eigenvalue weighted by Crippen LogP contribution is -2.09. The Morgan fingerprint density at radius 3 is 2.00 bits per heavy atom. The van der Waals surface area contributed by atoms with Gasteiger partial charge in [0.2, 0.25) is 0 Å². The Morgan fingerprint density at radius 1 is 0.828 bits per heavy atom. The zero-order valence-corrected chi connectivity index (χ0v) is 17.4. The van der Waals surface area contributed by atoms with Crippen LogP contribution in [0.5, 0.6) is 11.5 Å². The Bertz CT molecular complexity index is 778. The number of benzene rings is 2. The lowest BCUT2D eigenvalue weighted by molar-refractivity contribution is 0.0691. The van der Waals surface area contributed by atoms with Gasteiger partial charge in [0, 0.05) is 0 Å². The second kappa shape index (κ2) is 11.2. The van der Waals surface area contributed by atoms with Gasteiger partial charge < -0.3 is 14.6 Å². The van der Waals surface area contributed by atoms with Crippen LogP contribution in [0.4, 0.5) is 0 Å². The molecule has 0 amide bonds. The molecule has 0 fully saturated rings. The topological polar surface area (TPSA) is 72.8 Å². The first-order chi connectivity index (χ1) is 13.8. The molecule has 0 saturated heterocycles. The summed E-state index contributed by atoms with van der Waals surface area (Å²) < 4.78 is 11.1. The molecule has 1 N–H and O–H groups in total. The summed E-state index contributed by atoms with van der Waals surface area (Å²) in [5.74, 6) is 0.977. The summed E-state index contributed by atoms with van der Waals surface area (Å²) >= 11 is 0. The van der Waals surface area contributed by atoms with Gasteiger partial charge in [0.25, 0.3) is 0 Å². The molecule has 2 rings (SSSR count). The maximum atomic E-state index is 12.2. The molecule has 0 heterocycles. The van der Waals surface area contributed by atoms with E-state index < -0.39 is 11.9 Å². The number of rotatable bonds is 11. The highest BCUT2D eigenvalue weighted by Gasteiger charge is 2.10. The van der Waals surface area contributed by atoms with Crippen LogP contribution in [0.3, 0.4) is 0 Å². The van der Waals surface area contributed by atoms with E-state index in [4.69, 9.17) is 14.6 Å². The molecule has 2 aromatic carbocycles. The SMILES string of the molecule is CC(C)CCCC(C)CCOc1ccc(OC(=O)c2ccc(C(=O)O)cc2)cc1. The highest BCUT2D eigenvalue weighted by Crippen LogP contribution is 2.20. The van der Waals surface area contributed by atoms with Crippen LogP contribution in [0.2, 0.25) is 0 Å². The largest absolute Gasteiger partial charge is 0.494 e. The van der Waals surface area contributed by atoms with Gasteiger partial charge in [-0.2, -0.15) is 0 Å². The summed E-state index contributed by atoms with van der Waals surface area (Å²) in [4.78, 5) is 23.0. The van der Waals surface area contributed by atoms with Crippen LogP contribution in [0.15, 0.2) is 48.5 Å². The van der Waals surface area contributed by atoms with Crippen LogP contribution in [-0.2, 0) is 0 Å². The molecule has 1 unspecified atom stereocenters. The number of aromatic carboxylic acids is 1.